The number of esters is 1. The van der Waals surface area contributed by atoms with Crippen LogP contribution in [0.3, 0.4) is 0 Å². The number of benzene rings is 2. The van der Waals surface area contributed by atoms with Gasteiger partial charge < -0.3 is 4.74 Å². The molecule has 2 aliphatic rings. The van der Waals surface area contributed by atoms with E-state index >= 15 is 0 Å². The fraction of sp³-hybridized carbons (Fsp3) is 0.391. The minimum atomic E-state index is -0.568. The highest BCUT2D eigenvalue weighted by molar-refractivity contribution is 9.10. The second-order valence-electron chi connectivity index (χ2n) is 7.93. The summed E-state index contributed by atoms with van der Waals surface area (Å²) in [5.74, 6) is 0.405. The van der Waals surface area contributed by atoms with Gasteiger partial charge in [0, 0.05) is 27.9 Å². The predicted octanol–water partition coefficient (Wildman–Crippen LogP) is 5.90. The summed E-state index contributed by atoms with van der Waals surface area (Å²) in [6.45, 7) is 3.97. The molecule has 1 atom stereocenters. The van der Waals surface area contributed by atoms with E-state index in [9.17, 15) is 9.59 Å². The van der Waals surface area contributed by atoms with Gasteiger partial charge in [-0.25, -0.2) is 0 Å². The lowest BCUT2D eigenvalue weighted by atomic mass is 9.66. The molecule has 1 unspecified atom stereocenters. The Morgan fingerprint density at radius 2 is 1.89 bits per heavy atom. The first-order chi connectivity index (χ1) is 12.9. The van der Waals surface area contributed by atoms with Crippen molar-refractivity contribution in [1.82, 2.24) is 0 Å². The highest BCUT2D eigenvalue weighted by Crippen LogP contribution is 2.56. The Morgan fingerprint density at radius 1 is 1.15 bits per heavy atom. The van der Waals surface area contributed by atoms with E-state index in [-0.39, 0.29) is 17.7 Å². The van der Waals surface area contributed by atoms with Crippen molar-refractivity contribution < 1.29 is 14.3 Å². The van der Waals surface area contributed by atoms with Crippen molar-refractivity contribution in [3.63, 3.8) is 0 Å². The molecule has 0 aromatic heterocycles. The third kappa shape index (κ3) is 3.14. The van der Waals surface area contributed by atoms with E-state index in [2.05, 4.69) is 15.9 Å². The average molecular weight is 427 g/mol. The minimum Gasteiger partial charge on any atom is -0.426 e. The number of halogens is 1. The molecule has 4 rings (SSSR count). The number of hydrogen-bond donors (Lipinski definition) is 0. The maximum Gasteiger partial charge on any atom is 0.318 e. The first kappa shape index (κ1) is 18.4. The number of carbonyl (C=O) groups excluding carboxylic acids is 2. The Hall–Kier alpha value is -1.94. The summed E-state index contributed by atoms with van der Waals surface area (Å²) < 4.78 is 6.66. The van der Waals surface area contributed by atoms with Gasteiger partial charge >= 0.3 is 5.97 Å². The van der Waals surface area contributed by atoms with Crippen LogP contribution in [0, 0.1) is 19.3 Å². The SMILES string of the molecule is Cc1ccc(C)c(C(=O)CC2c3cc(Br)ccc3OC(=O)C23CCCC3)c1. The molecule has 0 N–H and O–H groups in total. The van der Waals surface area contributed by atoms with Crippen molar-refractivity contribution >= 4 is 27.7 Å². The summed E-state index contributed by atoms with van der Waals surface area (Å²) >= 11 is 3.54. The largest absolute Gasteiger partial charge is 0.426 e. The Bertz CT molecular complexity index is 925. The number of Topliss-reactive ketones (excluding diaryl/α,β-unsaturated/α-hetero) is 1. The molecule has 27 heavy (non-hydrogen) atoms. The molecule has 4 heteroatoms. The monoisotopic (exact) mass is 426 g/mol. The highest BCUT2D eigenvalue weighted by atomic mass is 79.9. The van der Waals surface area contributed by atoms with Gasteiger partial charge in [-0.15, -0.1) is 0 Å². The molecule has 2 aromatic rings. The van der Waals surface area contributed by atoms with Crippen molar-refractivity contribution in [3.8, 4) is 5.75 Å². The third-order valence-corrected chi connectivity index (χ3v) is 6.70. The Balaban J connectivity index is 1.78. The van der Waals surface area contributed by atoms with E-state index in [4.69, 9.17) is 4.74 Å². The summed E-state index contributed by atoms with van der Waals surface area (Å²) in [6, 6.07) is 11.7. The van der Waals surface area contributed by atoms with Crippen LogP contribution in [0.25, 0.3) is 0 Å². The normalized spacial score (nSPS) is 20.4. The number of rotatable bonds is 3. The average Bonchev–Trinajstić information content (AvgIpc) is 3.12. The number of ether oxygens (including phenoxy) is 1. The molecular weight excluding hydrogens is 404 g/mol. The van der Waals surface area contributed by atoms with Gasteiger partial charge in [-0.2, -0.15) is 0 Å². The van der Waals surface area contributed by atoms with Gasteiger partial charge in [0.05, 0.1) is 5.41 Å². The van der Waals surface area contributed by atoms with Crippen molar-refractivity contribution in [1.29, 1.82) is 0 Å². The molecule has 1 saturated carbocycles. The number of fused-ring (bicyclic) bond motifs is 1. The summed E-state index contributed by atoms with van der Waals surface area (Å²) in [7, 11) is 0. The van der Waals surface area contributed by atoms with E-state index in [0.29, 0.717) is 12.2 Å². The van der Waals surface area contributed by atoms with Crippen LogP contribution in [0.5, 0.6) is 5.75 Å². The van der Waals surface area contributed by atoms with E-state index in [0.717, 1.165) is 52.4 Å². The first-order valence-electron chi connectivity index (χ1n) is 9.53. The molecule has 1 aliphatic carbocycles. The fourth-order valence-electron chi connectivity index (χ4n) is 4.72. The Morgan fingerprint density at radius 3 is 2.63 bits per heavy atom. The van der Waals surface area contributed by atoms with Crippen LogP contribution < -0.4 is 4.74 Å². The van der Waals surface area contributed by atoms with Gasteiger partial charge in [0.25, 0.3) is 0 Å². The van der Waals surface area contributed by atoms with Gasteiger partial charge in [0.2, 0.25) is 0 Å². The molecule has 2 aromatic carbocycles. The molecule has 1 fully saturated rings. The van der Waals surface area contributed by atoms with Crippen LogP contribution in [0.4, 0.5) is 0 Å². The van der Waals surface area contributed by atoms with Gasteiger partial charge in [-0.05, 0) is 56.5 Å². The van der Waals surface area contributed by atoms with Crippen LogP contribution in [-0.4, -0.2) is 11.8 Å². The van der Waals surface area contributed by atoms with E-state index in [1.807, 2.05) is 50.2 Å². The lowest BCUT2D eigenvalue weighted by Gasteiger charge is -2.40. The van der Waals surface area contributed by atoms with Gasteiger partial charge in [-0.1, -0.05) is 46.5 Å². The third-order valence-electron chi connectivity index (χ3n) is 6.20. The highest BCUT2D eigenvalue weighted by Gasteiger charge is 2.53. The fourth-order valence-corrected chi connectivity index (χ4v) is 5.10. The van der Waals surface area contributed by atoms with Crippen LogP contribution in [0.2, 0.25) is 0 Å². The van der Waals surface area contributed by atoms with Crippen molar-refractivity contribution in [2.75, 3.05) is 0 Å². The molecule has 0 bridgehead atoms. The molecule has 1 aliphatic heterocycles. The molecular formula is C23H23BrO3. The molecule has 140 valence electrons. The first-order valence-corrected chi connectivity index (χ1v) is 10.3. The molecule has 1 heterocycles. The Labute approximate surface area is 168 Å². The molecule has 3 nitrogen and oxygen atoms in total. The van der Waals surface area contributed by atoms with Crippen LogP contribution in [0.15, 0.2) is 40.9 Å². The summed E-state index contributed by atoms with van der Waals surface area (Å²) in [5.41, 5.74) is 3.23. The number of aryl methyl sites for hydroxylation is 2. The Kier molecular flexibility index (Phi) is 4.71. The van der Waals surface area contributed by atoms with Crippen molar-refractivity contribution in [2.45, 2.75) is 51.9 Å². The molecule has 0 saturated heterocycles. The number of carbonyl (C=O) groups is 2. The minimum absolute atomic E-state index is 0.105. The number of ketones is 1. The van der Waals surface area contributed by atoms with Gasteiger partial charge in [0.15, 0.2) is 5.78 Å². The molecule has 1 spiro atoms. The van der Waals surface area contributed by atoms with Crippen molar-refractivity contribution in [2.24, 2.45) is 5.41 Å². The number of hydrogen-bond acceptors (Lipinski definition) is 3. The summed E-state index contributed by atoms with van der Waals surface area (Å²) in [5, 5.41) is 0. The molecule has 0 radical (unpaired) electrons. The van der Waals surface area contributed by atoms with E-state index in [1.54, 1.807) is 0 Å². The van der Waals surface area contributed by atoms with E-state index in [1.165, 1.54) is 0 Å². The standard InChI is InChI=1S/C23H23BrO3/c1-14-5-6-15(2)17(11-14)20(25)13-19-18-12-16(24)7-8-21(18)27-22(26)23(19)9-3-4-10-23/h5-8,11-12,19H,3-4,9-10,13H2,1-2H3. The van der Waals surface area contributed by atoms with Crippen LogP contribution >= 0.6 is 15.9 Å². The summed E-state index contributed by atoms with van der Waals surface area (Å²) in [6.07, 6.45) is 3.94. The lowest BCUT2D eigenvalue weighted by Crippen LogP contribution is -2.42. The smallest absolute Gasteiger partial charge is 0.318 e. The van der Waals surface area contributed by atoms with Crippen molar-refractivity contribution in [3.05, 3.63) is 63.1 Å². The van der Waals surface area contributed by atoms with Crippen LogP contribution in [-0.2, 0) is 4.79 Å². The second kappa shape index (κ2) is 6.90. The zero-order chi connectivity index (χ0) is 19.2. The zero-order valence-electron chi connectivity index (χ0n) is 15.7. The topological polar surface area (TPSA) is 43.4 Å². The van der Waals surface area contributed by atoms with E-state index < -0.39 is 5.41 Å². The lowest BCUT2D eigenvalue weighted by molar-refractivity contribution is -0.149. The molecule has 0 amide bonds. The predicted molar refractivity (Wildman–Crippen MR) is 108 cm³/mol. The zero-order valence-corrected chi connectivity index (χ0v) is 17.3. The van der Waals surface area contributed by atoms with Gasteiger partial charge in [0.1, 0.15) is 5.75 Å². The quantitative estimate of drug-likeness (QED) is 0.348. The second-order valence-corrected chi connectivity index (χ2v) is 8.85. The maximum absolute atomic E-state index is 13.3. The van der Waals surface area contributed by atoms with Crippen LogP contribution in [0.1, 0.15) is 65.1 Å². The summed E-state index contributed by atoms with van der Waals surface area (Å²) in [4.78, 5) is 26.2. The van der Waals surface area contributed by atoms with Gasteiger partial charge in [-0.3, -0.25) is 9.59 Å². The maximum atomic E-state index is 13.3.